The number of hydrogen-bond acceptors (Lipinski definition) is 3. The van der Waals surface area contributed by atoms with Gasteiger partial charge in [0, 0.05) is 26.1 Å². The fourth-order valence-corrected chi connectivity index (χ4v) is 2.44. The smallest absolute Gasteiger partial charge is 0.225 e. The maximum atomic E-state index is 12.0. The van der Waals surface area contributed by atoms with E-state index in [9.17, 15) is 4.79 Å². The first-order chi connectivity index (χ1) is 9.02. The zero-order valence-electron chi connectivity index (χ0n) is 11.8. The van der Waals surface area contributed by atoms with Gasteiger partial charge >= 0.3 is 0 Å². The molecule has 0 radical (unpaired) electrons. The molecule has 0 aliphatic carbocycles. The molecule has 1 aromatic carbocycles. The summed E-state index contributed by atoms with van der Waals surface area (Å²) in [6, 6.07) is 6.11. The van der Waals surface area contributed by atoms with Crippen LogP contribution in [-0.2, 0) is 22.6 Å². The number of rotatable bonds is 4. The van der Waals surface area contributed by atoms with E-state index in [1.54, 1.807) is 7.11 Å². The van der Waals surface area contributed by atoms with Crippen molar-refractivity contribution in [3.8, 4) is 0 Å². The maximum absolute atomic E-state index is 12.0. The third-order valence-corrected chi connectivity index (χ3v) is 3.53. The van der Waals surface area contributed by atoms with Crippen LogP contribution in [0.5, 0.6) is 0 Å². The van der Waals surface area contributed by atoms with Gasteiger partial charge in [0.25, 0.3) is 0 Å². The Morgan fingerprint density at radius 3 is 2.68 bits per heavy atom. The van der Waals surface area contributed by atoms with Gasteiger partial charge in [-0.05, 0) is 16.7 Å². The average Bonchev–Trinajstić information content (AvgIpc) is 2.80. The van der Waals surface area contributed by atoms with E-state index >= 15 is 0 Å². The largest absolute Gasteiger partial charge is 0.383 e. The summed E-state index contributed by atoms with van der Waals surface area (Å²) in [5, 5.41) is 0. The molecule has 1 aliphatic heterocycles. The monoisotopic (exact) mass is 262 g/mol. The molecule has 1 unspecified atom stereocenters. The molecular formula is C15H22N2O2. The number of nitrogens with two attached hydrogens (primary N) is 1. The number of nitrogens with zero attached hydrogens (tertiary/aromatic N) is 1. The number of ether oxygens (including phenoxy) is 1. The van der Waals surface area contributed by atoms with Crippen LogP contribution >= 0.6 is 0 Å². The summed E-state index contributed by atoms with van der Waals surface area (Å²) < 4.78 is 5.08. The SMILES string of the molecule is COCC(N)c1ccc2c(c1)CN(C(=O)C(C)C)C2. The van der Waals surface area contributed by atoms with Crippen LogP contribution in [0.4, 0.5) is 0 Å². The van der Waals surface area contributed by atoms with Gasteiger partial charge in [0.05, 0.1) is 12.6 Å². The number of carbonyl (C=O) groups excluding carboxylic acids is 1. The Morgan fingerprint density at radius 2 is 2.05 bits per heavy atom. The number of methoxy groups -OCH3 is 1. The second kappa shape index (κ2) is 5.72. The Labute approximate surface area is 114 Å². The van der Waals surface area contributed by atoms with Gasteiger partial charge in [0.1, 0.15) is 0 Å². The van der Waals surface area contributed by atoms with Crippen LogP contribution < -0.4 is 5.73 Å². The Kier molecular flexibility index (Phi) is 4.22. The van der Waals surface area contributed by atoms with Gasteiger partial charge in [0.15, 0.2) is 0 Å². The average molecular weight is 262 g/mol. The summed E-state index contributed by atoms with van der Waals surface area (Å²) in [5.41, 5.74) is 9.54. The topological polar surface area (TPSA) is 55.6 Å². The van der Waals surface area contributed by atoms with E-state index in [-0.39, 0.29) is 17.9 Å². The van der Waals surface area contributed by atoms with Gasteiger partial charge in [-0.15, -0.1) is 0 Å². The zero-order valence-corrected chi connectivity index (χ0v) is 11.8. The van der Waals surface area contributed by atoms with Crippen molar-refractivity contribution in [3.05, 3.63) is 34.9 Å². The highest BCUT2D eigenvalue weighted by Gasteiger charge is 2.25. The molecule has 4 nitrogen and oxygen atoms in total. The second-order valence-electron chi connectivity index (χ2n) is 5.44. The van der Waals surface area contributed by atoms with Crippen LogP contribution in [-0.4, -0.2) is 24.5 Å². The van der Waals surface area contributed by atoms with Crippen molar-refractivity contribution in [2.24, 2.45) is 11.7 Å². The van der Waals surface area contributed by atoms with Crippen LogP contribution in [0.1, 0.15) is 36.6 Å². The lowest BCUT2D eigenvalue weighted by atomic mass is 10.0. The summed E-state index contributed by atoms with van der Waals surface area (Å²) in [5.74, 6) is 0.253. The molecule has 0 bridgehead atoms. The minimum Gasteiger partial charge on any atom is -0.383 e. The summed E-state index contributed by atoms with van der Waals surface area (Å²) in [6.07, 6.45) is 0. The van der Waals surface area contributed by atoms with Gasteiger partial charge in [-0.3, -0.25) is 4.79 Å². The summed E-state index contributed by atoms with van der Waals surface area (Å²) in [4.78, 5) is 13.9. The van der Waals surface area contributed by atoms with Gasteiger partial charge in [-0.25, -0.2) is 0 Å². The highest BCUT2D eigenvalue weighted by atomic mass is 16.5. The van der Waals surface area contributed by atoms with E-state index in [1.165, 1.54) is 11.1 Å². The van der Waals surface area contributed by atoms with E-state index in [0.717, 1.165) is 5.56 Å². The van der Waals surface area contributed by atoms with Gasteiger partial charge in [-0.1, -0.05) is 32.0 Å². The molecule has 1 amide bonds. The summed E-state index contributed by atoms with van der Waals surface area (Å²) in [6.45, 7) is 5.79. The van der Waals surface area contributed by atoms with Crippen LogP contribution in [0, 0.1) is 5.92 Å². The summed E-state index contributed by atoms with van der Waals surface area (Å²) >= 11 is 0. The minimum absolute atomic E-state index is 0.0459. The molecule has 0 spiro atoms. The van der Waals surface area contributed by atoms with Crippen LogP contribution in [0.2, 0.25) is 0 Å². The molecule has 0 fully saturated rings. The quantitative estimate of drug-likeness (QED) is 0.900. The molecule has 1 aliphatic rings. The van der Waals surface area contributed by atoms with Crippen molar-refractivity contribution in [2.45, 2.75) is 33.0 Å². The molecule has 4 heteroatoms. The van der Waals surface area contributed by atoms with Gasteiger partial charge in [-0.2, -0.15) is 0 Å². The predicted molar refractivity (Wildman–Crippen MR) is 74.3 cm³/mol. The number of carbonyl (C=O) groups is 1. The molecule has 19 heavy (non-hydrogen) atoms. The fourth-order valence-electron chi connectivity index (χ4n) is 2.44. The van der Waals surface area contributed by atoms with Crippen molar-refractivity contribution < 1.29 is 9.53 Å². The van der Waals surface area contributed by atoms with Crippen LogP contribution in [0.15, 0.2) is 18.2 Å². The molecule has 1 aromatic rings. The fraction of sp³-hybridized carbons (Fsp3) is 0.533. The normalized spacial score (nSPS) is 15.7. The number of amides is 1. The molecule has 0 saturated carbocycles. The molecule has 1 atom stereocenters. The second-order valence-corrected chi connectivity index (χ2v) is 5.44. The van der Waals surface area contributed by atoms with Crippen LogP contribution in [0.3, 0.4) is 0 Å². The Bertz CT molecular complexity index is 471. The molecule has 104 valence electrons. The van der Waals surface area contributed by atoms with Gasteiger partial charge in [0.2, 0.25) is 5.91 Å². The van der Waals surface area contributed by atoms with E-state index < -0.39 is 0 Å². The van der Waals surface area contributed by atoms with Crippen molar-refractivity contribution in [1.82, 2.24) is 4.90 Å². The lowest BCUT2D eigenvalue weighted by Crippen LogP contribution is -2.29. The van der Waals surface area contributed by atoms with Gasteiger partial charge < -0.3 is 15.4 Å². The third kappa shape index (κ3) is 2.96. The molecule has 0 saturated heterocycles. The Morgan fingerprint density at radius 1 is 1.37 bits per heavy atom. The van der Waals surface area contributed by atoms with Crippen molar-refractivity contribution in [3.63, 3.8) is 0 Å². The van der Waals surface area contributed by atoms with E-state index in [1.807, 2.05) is 24.8 Å². The number of hydrogen-bond donors (Lipinski definition) is 1. The molecule has 2 N–H and O–H groups in total. The lowest BCUT2D eigenvalue weighted by molar-refractivity contribution is -0.135. The minimum atomic E-state index is -0.106. The standard InChI is InChI=1S/C15H22N2O2/c1-10(2)15(18)17-7-12-5-4-11(6-13(12)8-17)14(16)9-19-3/h4-6,10,14H,7-9,16H2,1-3H3. The van der Waals surface area contributed by atoms with E-state index in [0.29, 0.717) is 19.7 Å². The summed E-state index contributed by atoms with van der Waals surface area (Å²) in [7, 11) is 1.65. The highest BCUT2D eigenvalue weighted by molar-refractivity contribution is 5.78. The van der Waals surface area contributed by atoms with Crippen molar-refractivity contribution in [1.29, 1.82) is 0 Å². The Hall–Kier alpha value is -1.39. The number of fused-ring (bicyclic) bond motifs is 1. The van der Waals surface area contributed by atoms with Crippen molar-refractivity contribution >= 4 is 5.91 Å². The molecular weight excluding hydrogens is 240 g/mol. The molecule has 2 rings (SSSR count). The van der Waals surface area contributed by atoms with Crippen molar-refractivity contribution in [2.75, 3.05) is 13.7 Å². The van der Waals surface area contributed by atoms with E-state index in [2.05, 4.69) is 12.1 Å². The first-order valence-corrected chi connectivity index (χ1v) is 6.68. The van der Waals surface area contributed by atoms with Crippen LogP contribution in [0.25, 0.3) is 0 Å². The molecule has 0 aromatic heterocycles. The maximum Gasteiger partial charge on any atom is 0.225 e. The zero-order chi connectivity index (χ0) is 14.0. The number of benzene rings is 1. The Balaban J connectivity index is 2.14. The first kappa shape index (κ1) is 14.0. The third-order valence-electron chi connectivity index (χ3n) is 3.53. The predicted octanol–water partition coefficient (Wildman–Crippen LogP) is 1.83. The molecule has 1 heterocycles. The highest BCUT2D eigenvalue weighted by Crippen LogP contribution is 2.26. The van der Waals surface area contributed by atoms with E-state index in [4.69, 9.17) is 10.5 Å². The lowest BCUT2D eigenvalue weighted by Gasteiger charge is -2.17. The first-order valence-electron chi connectivity index (χ1n) is 6.68.